The van der Waals surface area contributed by atoms with E-state index in [-0.39, 0.29) is 0 Å². The van der Waals surface area contributed by atoms with Crippen LogP contribution in [0.25, 0.3) is 111 Å². The molecule has 8 aromatic carbocycles. The molecule has 0 saturated heterocycles. The third-order valence-corrected chi connectivity index (χ3v) is 11.3. The minimum absolute atomic E-state index is 0.695. The molecule has 57 heavy (non-hydrogen) atoms. The van der Waals surface area contributed by atoms with Crippen LogP contribution in [0.1, 0.15) is 0 Å². The van der Waals surface area contributed by atoms with Crippen LogP contribution in [0.2, 0.25) is 0 Å². The number of aromatic nitrogens is 4. The molecule has 0 radical (unpaired) electrons. The Morgan fingerprint density at radius 3 is 1.65 bits per heavy atom. The van der Waals surface area contributed by atoms with Crippen molar-refractivity contribution in [3.63, 3.8) is 0 Å². The molecule has 12 aromatic rings. The minimum atomic E-state index is 0.695. The monoisotopic (exact) mass is 728 g/mol. The fourth-order valence-corrected chi connectivity index (χ4v) is 8.80. The van der Waals surface area contributed by atoms with E-state index >= 15 is 0 Å². The van der Waals surface area contributed by atoms with Crippen molar-refractivity contribution in [2.45, 2.75) is 0 Å². The summed E-state index contributed by atoms with van der Waals surface area (Å²) >= 11 is 0. The van der Waals surface area contributed by atoms with Gasteiger partial charge in [0.05, 0.1) is 38.8 Å². The summed E-state index contributed by atoms with van der Waals surface area (Å²) < 4.78 is 11.6. The second-order valence-electron chi connectivity index (χ2n) is 14.6. The zero-order chi connectivity index (χ0) is 37.5. The standard InChI is InChI=1S/C52H32N4O/c1-5-15-33(16-6-1)42-32-43(54-52(53-42)34-17-7-2-8-18-34)35-25-28-44-41(31-35)48-45(55(44)36-19-9-3-10-20-36)30-27-40-49-46(56(50(40)48)37-21-11-4-12-22-37)29-26-39-38-23-13-14-24-47(38)57-51(39)49/h1-32H. The largest absolute Gasteiger partial charge is 0.455 e. The van der Waals surface area contributed by atoms with Crippen molar-refractivity contribution in [3.05, 3.63) is 194 Å². The molecule has 4 heterocycles. The maximum Gasteiger partial charge on any atom is 0.160 e. The van der Waals surface area contributed by atoms with Gasteiger partial charge in [0, 0.05) is 55.0 Å². The van der Waals surface area contributed by atoms with Gasteiger partial charge in [0.25, 0.3) is 0 Å². The fraction of sp³-hybridized carbons (Fsp3) is 0. The normalized spacial score (nSPS) is 11.9. The van der Waals surface area contributed by atoms with Gasteiger partial charge in [-0.1, -0.05) is 121 Å². The van der Waals surface area contributed by atoms with Crippen molar-refractivity contribution in [1.82, 2.24) is 19.1 Å². The quantitative estimate of drug-likeness (QED) is 0.177. The number of fused-ring (bicyclic) bond motifs is 11. The van der Waals surface area contributed by atoms with E-state index in [4.69, 9.17) is 14.4 Å². The second-order valence-corrected chi connectivity index (χ2v) is 14.6. The van der Waals surface area contributed by atoms with Gasteiger partial charge in [0.2, 0.25) is 0 Å². The number of nitrogens with zero attached hydrogens (tertiary/aromatic N) is 4. The van der Waals surface area contributed by atoms with Gasteiger partial charge in [0.15, 0.2) is 5.82 Å². The molecule has 0 aliphatic heterocycles. The Labute approximate surface area is 327 Å². The van der Waals surface area contributed by atoms with Crippen LogP contribution < -0.4 is 0 Å². The molecule has 5 heteroatoms. The first-order chi connectivity index (χ1) is 28.3. The molecule has 0 aliphatic rings. The highest BCUT2D eigenvalue weighted by Crippen LogP contribution is 2.46. The van der Waals surface area contributed by atoms with Crippen molar-refractivity contribution in [2.24, 2.45) is 0 Å². The molecule has 12 rings (SSSR count). The van der Waals surface area contributed by atoms with E-state index in [0.717, 1.165) is 105 Å². The van der Waals surface area contributed by atoms with Crippen LogP contribution >= 0.6 is 0 Å². The Balaban J connectivity index is 1.23. The van der Waals surface area contributed by atoms with Crippen molar-refractivity contribution in [1.29, 1.82) is 0 Å². The van der Waals surface area contributed by atoms with Gasteiger partial charge in [-0.05, 0) is 72.8 Å². The zero-order valence-electron chi connectivity index (χ0n) is 30.7. The van der Waals surface area contributed by atoms with Crippen molar-refractivity contribution < 1.29 is 4.42 Å². The van der Waals surface area contributed by atoms with Gasteiger partial charge >= 0.3 is 0 Å². The topological polar surface area (TPSA) is 48.8 Å². The van der Waals surface area contributed by atoms with E-state index in [1.807, 2.05) is 30.3 Å². The predicted octanol–water partition coefficient (Wildman–Crippen LogP) is 13.6. The molecule has 266 valence electrons. The molecule has 0 amide bonds. The van der Waals surface area contributed by atoms with E-state index < -0.39 is 0 Å². The molecule has 0 spiro atoms. The molecule has 0 saturated carbocycles. The summed E-state index contributed by atoms with van der Waals surface area (Å²) in [6.45, 7) is 0. The highest BCUT2D eigenvalue weighted by molar-refractivity contribution is 6.31. The van der Waals surface area contributed by atoms with E-state index in [1.54, 1.807) is 0 Å². The minimum Gasteiger partial charge on any atom is -0.455 e. The highest BCUT2D eigenvalue weighted by Gasteiger charge is 2.24. The van der Waals surface area contributed by atoms with Gasteiger partial charge in [-0.3, -0.25) is 0 Å². The fourth-order valence-electron chi connectivity index (χ4n) is 8.80. The van der Waals surface area contributed by atoms with E-state index in [2.05, 4.69) is 173 Å². The van der Waals surface area contributed by atoms with Crippen LogP contribution in [0.15, 0.2) is 199 Å². The molecule has 0 bridgehead atoms. The lowest BCUT2D eigenvalue weighted by Gasteiger charge is -2.10. The zero-order valence-corrected chi connectivity index (χ0v) is 30.7. The van der Waals surface area contributed by atoms with Crippen LogP contribution in [-0.2, 0) is 0 Å². The first-order valence-electron chi connectivity index (χ1n) is 19.3. The summed E-state index contributed by atoms with van der Waals surface area (Å²) in [6, 6.07) is 68.2. The lowest BCUT2D eigenvalue weighted by molar-refractivity contribution is 0.673. The molecular weight excluding hydrogens is 697 g/mol. The summed E-state index contributed by atoms with van der Waals surface area (Å²) in [7, 11) is 0. The molecule has 5 nitrogen and oxygen atoms in total. The Hall–Kier alpha value is -7.76. The number of hydrogen-bond donors (Lipinski definition) is 0. The average molecular weight is 729 g/mol. The Bertz CT molecular complexity index is 3430. The number of rotatable bonds is 5. The molecule has 0 N–H and O–H groups in total. The Kier molecular flexibility index (Phi) is 6.86. The van der Waals surface area contributed by atoms with Crippen LogP contribution in [0, 0.1) is 0 Å². The lowest BCUT2D eigenvalue weighted by atomic mass is 10.0. The van der Waals surface area contributed by atoms with Gasteiger partial charge < -0.3 is 13.6 Å². The third kappa shape index (κ3) is 4.82. The lowest BCUT2D eigenvalue weighted by Crippen LogP contribution is -1.96. The highest BCUT2D eigenvalue weighted by atomic mass is 16.3. The molecule has 0 aliphatic carbocycles. The summed E-state index contributed by atoms with van der Waals surface area (Å²) in [4.78, 5) is 10.3. The van der Waals surface area contributed by atoms with Crippen LogP contribution in [-0.4, -0.2) is 19.1 Å². The van der Waals surface area contributed by atoms with Crippen LogP contribution in [0.3, 0.4) is 0 Å². The molecule has 0 atom stereocenters. The van der Waals surface area contributed by atoms with E-state index in [1.165, 1.54) is 0 Å². The van der Waals surface area contributed by atoms with Gasteiger partial charge in [0.1, 0.15) is 11.2 Å². The van der Waals surface area contributed by atoms with Gasteiger partial charge in [-0.25, -0.2) is 9.97 Å². The summed E-state index contributed by atoms with van der Waals surface area (Å²) in [5.74, 6) is 0.695. The third-order valence-electron chi connectivity index (χ3n) is 11.3. The van der Waals surface area contributed by atoms with Crippen LogP contribution in [0.4, 0.5) is 0 Å². The number of hydrogen-bond acceptors (Lipinski definition) is 3. The first kappa shape index (κ1) is 31.6. The van der Waals surface area contributed by atoms with Crippen molar-refractivity contribution in [3.8, 4) is 45.3 Å². The molecule has 4 aromatic heterocycles. The maximum absolute atomic E-state index is 6.74. The average Bonchev–Trinajstić information content (AvgIpc) is 3.95. The summed E-state index contributed by atoms with van der Waals surface area (Å²) in [5.41, 5.74) is 13.3. The first-order valence-corrected chi connectivity index (χ1v) is 19.3. The molecule has 0 unspecified atom stereocenters. The number of furan rings is 1. The van der Waals surface area contributed by atoms with Gasteiger partial charge in [-0.2, -0.15) is 0 Å². The van der Waals surface area contributed by atoms with E-state index in [0.29, 0.717) is 5.82 Å². The summed E-state index contributed by atoms with van der Waals surface area (Å²) in [6.07, 6.45) is 0. The predicted molar refractivity (Wildman–Crippen MR) is 234 cm³/mol. The van der Waals surface area contributed by atoms with Crippen molar-refractivity contribution >= 4 is 65.6 Å². The maximum atomic E-state index is 6.74. The van der Waals surface area contributed by atoms with Crippen LogP contribution in [0.5, 0.6) is 0 Å². The Morgan fingerprint density at radius 2 is 0.930 bits per heavy atom. The molecular formula is C52H32N4O. The number of para-hydroxylation sites is 3. The second kappa shape index (κ2) is 12.4. The Morgan fingerprint density at radius 1 is 0.368 bits per heavy atom. The number of benzene rings is 8. The van der Waals surface area contributed by atoms with Gasteiger partial charge in [-0.15, -0.1) is 0 Å². The molecule has 0 fully saturated rings. The summed E-state index contributed by atoms with van der Waals surface area (Å²) in [5, 5.41) is 6.79. The SMILES string of the molecule is c1ccc(-c2cc(-c3ccc4c(c3)c3c(ccc5c6c7oc8ccccc8c7ccc6n(-c6ccccc6)c53)n4-c3ccccc3)nc(-c3ccccc3)n2)cc1. The van der Waals surface area contributed by atoms with Crippen molar-refractivity contribution in [2.75, 3.05) is 0 Å². The van der Waals surface area contributed by atoms with E-state index in [9.17, 15) is 0 Å². The smallest absolute Gasteiger partial charge is 0.160 e.